The molecule has 0 saturated carbocycles. The van der Waals surface area contributed by atoms with Gasteiger partial charge in [0.25, 0.3) is 5.82 Å². The van der Waals surface area contributed by atoms with E-state index < -0.39 is 17.7 Å². The predicted octanol–water partition coefficient (Wildman–Crippen LogP) is 4.21. The van der Waals surface area contributed by atoms with Gasteiger partial charge >= 0.3 is 0 Å². The van der Waals surface area contributed by atoms with Crippen LogP contribution in [0.3, 0.4) is 0 Å². The maximum absolute atomic E-state index is 13.8. The molecule has 0 amide bonds. The molecule has 1 aromatic carbocycles. The molecule has 1 aliphatic rings. The molecule has 5 rings (SSSR count). The first kappa shape index (κ1) is 22.0. The van der Waals surface area contributed by atoms with Gasteiger partial charge in [0, 0.05) is 25.4 Å². The van der Waals surface area contributed by atoms with Crippen molar-refractivity contribution in [3.8, 4) is 17.3 Å². The first-order chi connectivity index (χ1) is 16.9. The Morgan fingerprint density at radius 2 is 1.91 bits per heavy atom. The summed E-state index contributed by atoms with van der Waals surface area (Å²) in [6.45, 7) is 7.25. The van der Waals surface area contributed by atoms with Gasteiger partial charge in [-0.25, -0.2) is 18.7 Å². The molecule has 0 aliphatic carbocycles. The molecule has 1 N–H and O–H groups in total. The summed E-state index contributed by atoms with van der Waals surface area (Å²) in [6.07, 6.45) is 6.12. The number of hydrogen-bond donors (Lipinski definition) is 1. The molecule has 1 atom stereocenters. The number of methoxy groups -OCH3 is 1. The van der Waals surface area contributed by atoms with E-state index in [0.717, 1.165) is 6.07 Å². The molecule has 1 aliphatic heterocycles. The third-order valence-electron chi connectivity index (χ3n) is 5.44. The number of nitrogens with zero attached hydrogens (tertiary/aromatic N) is 7. The molecule has 176 valence electrons. The second-order valence-corrected chi connectivity index (χ2v) is 7.65. The number of anilines is 3. The maximum Gasteiger partial charge on any atom is 0.287 e. The minimum atomic E-state index is -0.657. The summed E-state index contributed by atoms with van der Waals surface area (Å²) < 4.78 is 40.3. The minimum absolute atomic E-state index is 0.189. The number of benzene rings is 1. The summed E-state index contributed by atoms with van der Waals surface area (Å²) in [5, 5.41) is 3.08. The second kappa shape index (κ2) is 8.86. The molecule has 0 radical (unpaired) electrons. The Hall–Kier alpha value is -4.79. The third-order valence-corrected chi connectivity index (χ3v) is 5.44. The SMILES string of the molecule is [C-]#[N+]c1cn(-c2ncc(Nc3ncc4c(n3)N(C)C(c3cc(F)cc(F)c3)CO4)cc2OC)cn1. The van der Waals surface area contributed by atoms with Gasteiger partial charge in [-0.1, -0.05) is 6.57 Å². The van der Waals surface area contributed by atoms with Crippen LogP contribution in [0.4, 0.5) is 32.1 Å². The number of nitrogens with one attached hydrogen (secondary N) is 1. The van der Waals surface area contributed by atoms with Crippen LogP contribution in [-0.4, -0.2) is 45.3 Å². The number of halogens is 2. The monoisotopic (exact) mass is 476 g/mol. The summed E-state index contributed by atoms with van der Waals surface area (Å²) in [5.74, 6) is 1.01. The Balaban J connectivity index is 1.41. The van der Waals surface area contributed by atoms with Gasteiger partial charge in [0.05, 0.1) is 31.2 Å². The van der Waals surface area contributed by atoms with Crippen molar-refractivity contribution in [3.05, 3.63) is 77.8 Å². The van der Waals surface area contributed by atoms with Gasteiger partial charge in [-0.3, -0.25) is 4.57 Å². The number of pyridine rings is 1. The van der Waals surface area contributed by atoms with Gasteiger partial charge in [0.2, 0.25) is 5.95 Å². The van der Waals surface area contributed by atoms with Crippen LogP contribution in [0.15, 0.2) is 49.2 Å². The lowest BCUT2D eigenvalue weighted by Gasteiger charge is -2.35. The molecule has 1 unspecified atom stereocenters. The van der Waals surface area contributed by atoms with E-state index in [1.165, 1.54) is 31.8 Å². The van der Waals surface area contributed by atoms with Crippen molar-refractivity contribution < 1.29 is 18.3 Å². The van der Waals surface area contributed by atoms with Crippen molar-refractivity contribution in [2.45, 2.75) is 6.04 Å². The zero-order valence-corrected chi connectivity index (χ0v) is 18.6. The molecule has 0 bridgehead atoms. The van der Waals surface area contributed by atoms with E-state index in [1.807, 2.05) is 0 Å². The largest absolute Gasteiger partial charge is 0.493 e. The average Bonchev–Trinajstić information content (AvgIpc) is 3.33. The molecule has 12 heteroatoms. The van der Waals surface area contributed by atoms with Crippen LogP contribution in [0.2, 0.25) is 0 Å². The summed E-state index contributed by atoms with van der Waals surface area (Å²) in [4.78, 5) is 22.3. The molecule has 35 heavy (non-hydrogen) atoms. The van der Waals surface area contributed by atoms with Crippen LogP contribution in [-0.2, 0) is 0 Å². The molecule has 0 fully saturated rings. The number of rotatable bonds is 5. The summed E-state index contributed by atoms with van der Waals surface area (Å²) in [5.41, 5.74) is 0.994. The number of ether oxygens (including phenoxy) is 2. The lowest BCUT2D eigenvalue weighted by molar-refractivity contribution is 0.264. The maximum atomic E-state index is 13.8. The highest BCUT2D eigenvalue weighted by molar-refractivity contribution is 5.62. The highest BCUT2D eigenvalue weighted by atomic mass is 19.1. The van der Waals surface area contributed by atoms with Crippen molar-refractivity contribution in [1.82, 2.24) is 24.5 Å². The van der Waals surface area contributed by atoms with Crippen LogP contribution in [0.5, 0.6) is 11.5 Å². The van der Waals surface area contributed by atoms with E-state index in [0.29, 0.717) is 34.4 Å². The molecular formula is C23H18F2N8O2. The Morgan fingerprint density at radius 1 is 1.11 bits per heavy atom. The minimum Gasteiger partial charge on any atom is -0.493 e. The van der Waals surface area contributed by atoms with Gasteiger partial charge in [-0.2, -0.15) is 4.98 Å². The van der Waals surface area contributed by atoms with E-state index >= 15 is 0 Å². The Labute approximate surface area is 198 Å². The fraction of sp³-hybridized carbons (Fsp3) is 0.174. The van der Waals surface area contributed by atoms with Crippen molar-refractivity contribution >= 4 is 23.3 Å². The predicted molar refractivity (Wildman–Crippen MR) is 122 cm³/mol. The number of aromatic nitrogens is 5. The van der Waals surface area contributed by atoms with Crippen LogP contribution in [0, 0.1) is 18.2 Å². The molecule has 4 heterocycles. The van der Waals surface area contributed by atoms with E-state index in [2.05, 4.69) is 30.1 Å². The molecule has 0 saturated heterocycles. The zero-order valence-electron chi connectivity index (χ0n) is 18.6. The smallest absolute Gasteiger partial charge is 0.287 e. The van der Waals surface area contributed by atoms with E-state index in [1.54, 1.807) is 35.0 Å². The quantitative estimate of drug-likeness (QED) is 0.428. The Bertz CT molecular complexity index is 1430. The lowest BCUT2D eigenvalue weighted by atomic mass is 10.0. The normalized spacial score (nSPS) is 14.6. The first-order valence-corrected chi connectivity index (χ1v) is 10.4. The fourth-order valence-corrected chi connectivity index (χ4v) is 3.76. The fourth-order valence-electron chi connectivity index (χ4n) is 3.76. The van der Waals surface area contributed by atoms with E-state index in [-0.39, 0.29) is 18.4 Å². The third kappa shape index (κ3) is 4.26. The van der Waals surface area contributed by atoms with Crippen LogP contribution < -0.4 is 19.7 Å². The van der Waals surface area contributed by atoms with Crippen LogP contribution in [0.25, 0.3) is 10.7 Å². The van der Waals surface area contributed by atoms with Crippen molar-refractivity contribution in [1.29, 1.82) is 0 Å². The Morgan fingerprint density at radius 3 is 2.63 bits per heavy atom. The highest BCUT2D eigenvalue weighted by Crippen LogP contribution is 2.37. The van der Waals surface area contributed by atoms with Crippen molar-refractivity contribution in [2.24, 2.45) is 0 Å². The molecular weight excluding hydrogens is 458 g/mol. The summed E-state index contributed by atoms with van der Waals surface area (Å²) >= 11 is 0. The summed E-state index contributed by atoms with van der Waals surface area (Å²) in [7, 11) is 3.28. The topological polar surface area (TPSA) is 94.6 Å². The standard InChI is InChI=1S/C23H18F2N8O2/c1-26-20-10-33(12-29-20)21-18(34-3)7-16(8-27-21)30-23-28-9-19-22(31-23)32(2)17(11-35-19)13-4-14(24)6-15(25)5-13/h4-10,12,17H,11H2,2-3H3,(H,28,30,31). The van der Waals surface area contributed by atoms with Crippen LogP contribution in [0.1, 0.15) is 11.6 Å². The average molecular weight is 476 g/mol. The van der Waals surface area contributed by atoms with E-state index in [9.17, 15) is 8.78 Å². The van der Waals surface area contributed by atoms with Gasteiger partial charge in [0.1, 0.15) is 18.2 Å². The van der Waals surface area contributed by atoms with Gasteiger partial charge in [-0.05, 0) is 17.7 Å². The number of likely N-dealkylation sites (N-methyl/N-ethyl adjacent to an activating group) is 1. The molecule has 3 aromatic heterocycles. The summed E-state index contributed by atoms with van der Waals surface area (Å²) in [6, 6.07) is 4.66. The van der Waals surface area contributed by atoms with Crippen LogP contribution >= 0.6 is 0 Å². The molecule has 4 aromatic rings. The van der Waals surface area contributed by atoms with Gasteiger partial charge in [-0.15, -0.1) is 4.98 Å². The number of imidazole rings is 1. The molecule has 10 nitrogen and oxygen atoms in total. The van der Waals surface area contributed by atoms with E-state index in [4.69, 9.17) is 16.0 Å². The Kier molecular flexibility index (Phi) is 5.58. The number of hydrogen-bond acceptors (Lipinski definition) is 8. The first-order valence-electron chi connectivity index (χ1n) is 10.4. The van der Waals surface area contributed by atoms with Crippen molar-refractivity contribution in [3.63, 3.8) is 0 Å². The second-order valence-electron chi connectivity index (χ2n) is 7.65. The highest BCUT2D eigenvalue weighted by Gasteiger charge is 2.29. The van der Waals surface area contributed by atoms with Crippen molar-refractivity contribution in [2.75, 3.05) is 31.0 Å². The van der Waals surface area contributed by atoms with Gasteiger partial charge in [0.15, 0.2) is 29.5 Å². The lowest BCUT2D eigenvalue weighted by Crippen LogP contribution is -2.34. The zero-order chi connectivity index (χ0) is 24.5. The molecule has 0 spiro atoms. The van der Waals surface area contributed by atoms with Gasteiger partial charge < -0.3 is 24.5 Å². The number of fused-ring (bicyclic) bond motifs is 1.